The molecule has 0 bridgehead atoms. The summed E-state index contributed by atoms with van der Waals surface area (Å²) in [4.78, 5) is 11.8. The lowest BCUT2D eigenvalue weighted by Gasteiger charge is -2.06. The van der Waals surface area contributed by atoms with Gasteiger partial charge in [0.15, 0.2) is 9.84 Å². The Bertz CT molecular complexity index is 509. The average molecular weight is 284 g/mol. The second-order valence-electron chi connectivity index (χ2n) is 4.18. The molecule has 0 aliphatic carbocycles. The van der Waals surface area contributed by atoms with Gasteiger partial charge in [0.1, 0.15) is 0 Å². The molecule has 0 heterocycles. The number of anilines is 1. The van der Waals surface area contributed by atoms with E-state index < -0.39 is 9.84 Å². The minimum absolute atomic E-state index is 0.0682. The Balaban J connectivity index is 2.60. The standard InChI is InChI=1S/C13H20N2O3S/c1-3-19(17,18)12-8-6-11(7-9-12)15-13(16)5-4-10-14-2/h6-9,14H,3-5,10H2,1-2H3,(H,15,16). The van der Waals surface area contributed by atoms with Crippen LogP contribution in [0.3, 0.4) is 0 Å². The Morgan fingerprint density at radius 3 is 2.37 bits per heavy atom. The summed E-state index contributed by atoms with van der Waals surface area (Å²) in [5.74, 6) is 0.00395. The summed E-state index contributed by atoms with van der Waals surface area (Å²) >= 11 is 0. The van der Waals surface area contributed by atoms with E-state index in [2.05, 4.69) is 10.6 Å². The number of rotatable bonds is 7. The van der Waals surface area contributed by atoms with Gasteiger partial charge in [0.05, 0.1) is 10.6 Å². The van der Waals surface area contributed by atoms with E-state index >= 15 is 0 Å². The van der Waals surface area contributed by atoms with Crippen LogP contribution in [0.5, 0.6) is 0 Å². The molecule has 0 saturated carbocycles. The van der Waals surface area contributed by atoms with E-state index in [1.54, 1.807) is 19.1 Å². The molecule has 0 aliphatic rings. The number of hydrogen-bond donors (Lipinski definition) is 2. The predicted octanol–water partition coefficient (Wildman–Crippen LogP) is 1.42. The quantitative estimate of drug-likeness (QED) is 0.743. The van der Waals surface area contributed by atoms with Gasteiger partial charge in [-0.1, -0.05) is 6.92 Å². The first kappa shape index (κ1) is 15.7. The number of benzene rings is 1. The van der Waals surface area contributed by atoms with Crippen LogP contribution in [-0.2, 0) is 14.6 Å². The Morgan fingerprint density at radius 1 is 1.21 bits per heavy atom. The average Bonchev–Trinajstić information content (AvgIpc) is 2.39. The van der Waals surface area contributed by atoms with Gasteiger partial charge in [-0.2, -0.15) is 0 Å². The second-order valence-corrected chi connectivity index (χ2v) is 6.46. The Morgan fingerprint density at radius 2 is 1.84 bits per heavy atom. The summed E-state index contributed by atoms with van der Waals surface area (Å²) in [5, 5.41) is 5.71. The molecular formula is C13H20N2O3S. The molecule has 1 aromatic rings. The van der Waals surface area contributed by atoms with Gasteiger partial charge in [-0.3, -0.25) is 4.79 Å². The predicted molar refractivity (Wildman–Crippen MR) is 76.0 cm³/mol. The number of carbonyl (C=O) groups excluding carboxylic acids is 1. The van der Waals surface area contributed by atoms with Crippen LogP contribution < -0.4 is 10.6 Å². The normalized spacial score (nSPS) is 11.3. The Kier molecular flexibility index (Phi) is 5.98. The molecule has 1 amide bonds. The number of sulfone groups is 1. The lowest BCUT2D eigenvalue weighted by Crippen LogP contribution is -2.15. The first-order chi connectivity index (χ1) is 8.99. The van der Waals surface area contributed by atoms with Crippen molar-refractivity contribution in [3.05, 3.63) is 24.3 Å². The van der Waals surface area contributed by atoms with Crippen LogP contribution in [-0.4, -0.2) is 33.7 Å². The topological polar surface area (TPSA) is 75.3 Å². The van der Waals surface area contributed by atoms with Gasteiger partial charge < -0.3 is 10.6 Å². The largest absolute Gasteiger partial charge is 0.326 e. The molecule has 0 saturated heterocycles. The zero-order valence-corrected chi connectivity index (χ0v) is 12.1. The SMILES string of the molecule is CCS(=O)(=O)c1ccc(NC(=O)CCCNC)cc1. The van der Waals surface area contributed by atoms with Crippen LogP contribution in [0.2, 0.25) is 0 Å². The summed E-state index contributed by atoms with van der Waals surface area (Å²) < 4.78 is 23.2. The fourth-order valence-corrected chi connectivity index (χ4v) is 2.45. The molecule has 0 radical (unpaired) electrons. The molecule has 6 heteroatoms. The van der Waals surface area contributed by atoms with Crippen molar-refractivity contribution in [1.82, 2.24) is 5.32 Å². The van der Waals surface area contributed by atoms with Gasteiger partial charge in [0.2, 0.25) is 5.91 Å². The zero-order chi connectivity index (χ0) is 14.3. The van der Waals surface area contributed by atoms with E-state index in [9.17, 15) is 13.2 Å². The fraction of sp³-hybridized carbons (Fsp3) is 0.462. The van der Waals surface area contributed by atoms with Crippen molar-refractivity contribution in [2.24, 2.45) is 0 Å². The summed E-state index contributed by atoms with van der Waals surface area (Å²) in [5.41, 5.74) is 0.615. The third-order valence-corrected chi connectivity index (χ3v) is 4.46. The van der Waals surface area contributed by atoms with Crippen LogP contribution in [0.25, 0.3) is 0 Å². The number of nitrogens with one attached hydrogen (secondary N) is 2. The van der Waals surface area contributed by atoms with Crippen molar-refractivity contribution < 1.29 is 13.2 Å². The third kappa shape index (κ3) is 5.00. The summed E-state index contributed by atoms with van der Waals surface area (Å²) in [6.45, 7) is 2.40. The maximum absolute atomic E-state index is 11.6. The van der Waals surface area contributed by atoms with Gasteiger partial charge >= 0.3 is 0 Å². The Labute approximate surface area is 114 Å². The molecule has 0 aromatic heterocycles. The van der Waals surface area contributed by atoms with E-state index in [4.69, 9.17) is 0 Å². The van der Waals surface area contributed by atoms with Crippen molar-refractivity contribution in [2.75, 3.05) is 24.7 Å². The van der Waals surface area contributed by atoms with Crippen molar-refractivity contribution in [3.8, 4) is 0 Å². The summed E-state index contributed by atoms with van der Waals surface area (Å²) in [7, 11) is -1.34. The van der Waals surface area contributed by atoms with Crippen LogP contribution in [0, 0.1) is 0 Å². The van der Waals surface area contributed by atoms with Gasteiger partial charge in [0, 0.05) is 12.1 Å². The number of hydrogen-bond acceptors (Lipinski definition) is 4. The summed E-state index contributed by atoms with van der Waals surface area (Å²) in [6.07, 6.45) is 1.21. The first-order valence-corrected chi connectivity index (χ1v) is 7.92. The third-order valence-electron chi connectivity index (χ3n) is 2.71. The van der Waals surface area contributed by atoms with Crippen LogP contribution in [0.4, 0.5) is 5.69 Å². The highest BCUT2D eigenvalue weighted by atomic mass is 32.2. The molecule has 2 N–H and O–H groups in total. The second kappa shape index (κ2) is 7.25. The molecule has 0 unspecified atom stereocenters. The van der Waals surface area contributed by atoms with E-state index in [-0.39, 0.29) is 16.6 Å². The highest BCUT2D eigenvalue weighted by Crippen LogP contribution is 2.15. The highest BCUT2D eigenvalue weighted by molar-refractivity contribution is 7.91. The van der Waals surface area contributed by atoms with E-state index in [1.807, 2.05) is 7.05 Å². The smallest absolute Gasteiger partial charge is 0.224 e. The van der Waals surface area contributed by atoms with E-state index in [0.29, 0.717) is 12.1 Å². The van der Waals surface area contributed by atoms with Crippen molar-refractivity contribution in [1.29, 1.82) is 0 Å². The minimum Gasteiger partial charge on any atom is -0.326 e. The van der Waals surface area contributed by atoms with Crippen molar-refractivity contribution in [2.45, 2.75) is 24.7 Å². The van der Waals surface area contributed by atoms with Gasteiger partial charge in [-0.15, -0.1) is 0 Å². The minimum atomic E-state index is -3.18. The lowest BCUT2D eigenvalue weighted by molar-refractivity contribution is -0.116. The molecule has 5 nitrogen and oxygen atoms in total. The summed E-state index contributed by atoms with van der Waals surface area (Å²) in [6, 6.07) is 6.25. The molecule has 0 aliphatic heterocycles. The zero-order valence-electron chi connectivity index (χ0n) is 11.3. The van der Waals surface area contributed by atoms with Crippen LogP contribution in [0.15, 0.2) is 29.2 Å². The molecule has 1 aromatic carbocycles. The molecule has 0 fully saturated rings. The first-order valence-electron chi connectivity index (χ1n) is 6.27. The fourth-order valence-electron chi connectivity index (χ4n) is 1.56. The van der Waals surface area contributed by atoms with Gasteiger partial charge in [-0.05, 0) is 44.3 Å². The van der Waals surface area contributed by atoms with Crippen LogP contribution in [0.1, 0.15) is 19.8 Å². The van der Waals surface area contributed by atoms with Gasteiger partial charge in [-0.25, -0.2) is 8.42 Å². The van der Waals surface area contributed by atoms with Crippen LogP contribution >= 0.6 is 0 Å². The molecular weight excluding hydrogens is 264 g/mol. The molecule has 1 rings (SSSR count). The molecule has 19 heavy (non-hydrogen) atoms. The van der Waals surface area contributed by atoms with Crippen molar-refractivity contribution in [3.63, 3.8) is 0 Å². The van der Waals surface area contributed by atoms with Gasteiger partial charge in [0.25, 0.3) is 0 Å². The maximum Gasteiger partial charge on any atom is 0.224 e. The van der Waals surface area contributed by atoms with Crippen molar-refractivity contribution >= 4 is 21.4 Å². The molecule has 0 atom stereocenters. The monoisotopic (exact) mass is 284 g/mol. The maximum atomic E-state index is 11.6. The number of carbonyl (C=O) groups is 1. The molecule has 0 spiro atoms. The van der Waals surface area contributed by atoms with E-state index in [1.165, 1.54) is 12.1 Å². The number of amides is 1. The molecule has 106 valence electrons. The highest BCUT2D eigenvalue weighted by Gasteiger charge is 2.11. The lowest BCUT2D eigenvalue weighted by atomic mass is 10.2. The van der Waals surface area contributed by atoms with E-state index in [0.717, 1.165) is 13.0 Å². The Hall–Kier alpha value is -1.40.